The molecule has 0 aromatic heterocycles. The monoisotopic (exact) mass is 937 g/mol. The van der Waals surface area contributed by atoms with E-state index in [1.165, 1.54) is 148 Å². The molecule has 3 fully saturated rings. The molecule has 3 saturated carbocycles. The highest BCUT2D eigenvalue weighted by Crippen LogP contribution is 2.67. The molecule has 4 aliphatic carbocycles. The Bertz CT molecular complexity index is 1420. The van der Waals surface area contributed by atoms with Gasteiger partial charge in [0.15, 0.2) is 0 Å². The van der Waals surface area contributed by atoms with Gasteiger partial charge < -0.3 is 26.0 Å². The molecular formula is C59H108N4O4. The molecule has 4 N–H and O–H groups in total. The molecular weight excluding hydrogens is 829 g/mol. The highest BCUT2D eigenvalue weighted by molar-refractivity contribution is 5.84. The SMILES string of the molecule is CCCCCCCCCCCCCCCCCCCC(=O)N(CCCCCCNC(=O)O[C@H]1CC[C@@]2(C)C(=CC[C@H]3[C@@H]4CC[C@H]([C@H](C)CCCC(C)C)[C@@]4(C)CC[C@@H]32)C1)CC(=O)NCCCN. The smallest absolute Gasteiger partial charge is 0.407 e. The fourth-order valence-electron chi connectivity index (χ4n) is 13.9. The third-order valence-electron chi connectivity index (χ3n) is 18.0. The fraction of sp³-hybridized carbons (Fsp3) is 0.915. The number of carbonyl (C=O) groups is 3. The number of nitrogens with two attached hydrogens (primary N) is 1. The van der Waals surface area contributed by atoms with Crippen molar-refractivity contribution in [1.29, 1.82) is 0 Å². The van der Waals surface area contributed by atoms with Gasteiger partial charge >= 0.3 is 6.09 Å². The van der Waals surface area contributed by atoms with Crippen molar-refractivity contribution in [2.75, 3.05) is 32.7 Å². The lowest BCUT2D eigenvalue weighted by Gasteiger charge is -2.58. The molecule has 0 unspecified atom stereocenters. The van der Waals surface area contributed by atoms with Crippen molar-refractivity contribution in [3.05, 3.63) is 11.6 Å². The van der Waals surface area contributed by atoms with E-state index in [0.29, 0.717) is 38.0 Å². The minimum atomic E-state index is -0.280. The second-order valence-corrected chi connectivity index (χ2v) is 23.6. The Labute approximate surface area is 413 Å². The van der Waals surface area contributed by atoms with Gasteiger partial charge in [0.05, 0.1) is 6.54 Å². The average molecular weight is 938 g/mol. The number of nitrogens with one attached hydrogen (secondary N) is 2. The van der Waals surface area contributed by atoms with Crippen molar-refractivity contribution >= 4 is 17.9 Å². The van der Waals surface area contributed by atoms with Crippen molar-refractivity contribution in [3.8, 4) is 0 Å². The molecule has 0 bridgehead atoms. The van der Waals surface area contributed by atoms with E-state index in [2.05, 4.69) is 58.3 Å². The van der Waals surface area contributed by atoms with E-state index in [1.54, 1.807) is 10.5 Å². The number of allylic oxidation sites excluding steroid dienone is 1. The number of fused-ring (bicyclic) bond motifs is 5. The van der Waals surface area contributed by atoms with Crippen LogP contribution in [0.25, 0.3) is 0 Å². The number of amides is 3. The zero-order chi connectivity index (χ0) is 48.3. The summed E-state index contributed by atoms with van der Waals surface area (Å²) in [6, 6.07) is 0. The Morgan fingerprint density at radius 3 is 1.96 bits per heavy atom. The maximum Gasteiger partial charge on any atom is 0.407 e. The van der Waals surface area contributed by atoms with Gasteiger partial charge in [0.2, 0.25) is 11.8 Å². The second kappa shape index (κ2) is 32.0. The number of rotatable bonds is 36. The highest BCUT2D eigenvalue weighted by Gasteiger charge is 2.59. The molecule has 8 atom stereocenters. The second-order valence-electron chi connectivity index (χ2n) is 23.6. The largest absolute Gasteiger partial charge is 0.446 e. The summed E-state index contributed by atoms with van der Waals surface area (Å²) in [4.78, 5) is 40.8. The molecule has 3 amide bonds. The number of alkyl carbamates (subject to hydrolysis) is 1. The van der Waals surface area contributed by atoms with E-state index in [4.69, 9.17) is 10.5 Å². The standard InChI is InChI=1S/C59H108N4O4/c1-7-8-9-10-11-12-13-14-15-16-17-18-19-20-21-22-25-32-56(65)63(46-55(64)61-43-29-41-60)44-27-24-23-26-42-62-57(66)67-50-37-39-58(5)49(45-50)33-34-51-53-36-35-52(48(4)31-28-30-47(2)3)59(53,6)40-38-54(51)58/h33,47-48,50-54H,7-32,34-46,60H2,1-6H3,(H,61,64)(H,62,66)/t48-,50+,51+,52-,53+,54+,58+,59-/m1/s1. The number of carbonyl (C=O) groups excluding carboxylic acids is 3. The minimum absolute atomic E-state index is 0.0348. The van der Waals surface area contributed by atoms with Crippen molar-refractivity contribution < 1.29 is 19.1 Å². The molecule has 0 saturated heterocycles. The van der Waals surface area contributed by atoms with E-state index < -0.39 is 0 Å². The van der Waals surface area contributed by atoms with E-state index in [-0.39, 0.29) is 36.0 Å². The Morgan fingerprint density at radius 2 is 1.31 bits per heavy atom. The van der Waals surface area contributed by atoms with Gasteiger partial charge in [-0.25, -0.2) is 4.79 Å². The topological polar surface area (TPSA) is 114 Å². The predicted octanol–water partition coefficient (Wildman–Crippen LogP) is 15.0. The number of nitrogens with zero attached hydrogens (tertiary/aromatic N) is 1. The summed E-state index contributed by atoms with van der Waals surface area (Å²) in [6.45, 7) is 17.2. The number of ether oxygens (including phenoxy) is 1. The first-order chi connectivity index (χ1) is 32.4. The summed E-state index contributed by atoms with van der Waals surface area (Å²) in [5.74, 6) is 4.97. The van der Waals surface area contributed by atoms with Crippen molar-refractivity contribution in [1.82, 2.24) is 15.5 Å². The number of unbranched alkanes of at least 4 members (excludes halogenated alkanes) is 19. The molecule has 0 heterocycles. The lowest BCUT2D eigenvalue weighted by Crippen LogP contribution is -2.51. The van der Waals surface area contributed by atoms with Gasteiger partial charge in [0.1, 0.15) is 6.10 Å². The minimum Gasteiger partial charge on any atom is -0.446 e. The van der Waals surface area contributed by atoms with Crippen LogP contribution in [0.1, 0.15) is 260 Å². The number of hydrogen-bond acceptors (Lipinski definition) is 5. The van der Waals surface area contributed by atoms with Crippen molar-refractivity contribution in [2.24, 2.45) is 52.1 Å². The van der Waals surface area contributed by atoms with Crippen LogP contribution in [0.3, 0.4) is 0 Å². The Morgan fingerprint density at radius 1 is 0.701 bits per heavy atom. The molecule has 0 radical (unpaired) electrons. The van der Waals surface area contributed by atoms with Crippen LogP contribution in [0, 0.1) is 46.3 Å². The normalized spacial score (nSPS) is 26.0. The first-order valence-electron chi connectivity index (χ1n) is 29.3. The zero-order valence-electron chi connectivity index (χ0n) is 44.9. The van der Waals surface area contributed by atoms with E-state index in [9.17, 15) is 14.4 Å². The van der Waals surface area contributed by atoms with Crippen LogP contribution >= 0.6 is 0 Å². The number of hydrogen-bond donors (Lipinski definition) is 3. The van der Waals surface area contributed by atoms with Gasteiger partial charge in [0.25, 0.3) is 0 Å². The van der Waals surface area contributed by atoms with Gasteiger partial charge in [-0.05, 0) is 124 Å². The first kappa shape index (κ1) is 57.5. The summed E-state index contributed by atoms with van der Waals surface area (Å²) >= 11 is 0. The Kier molecular flexibility index (Phi) is 27.5. The first-order valence-corrected chi connectivity index (χ1v) is 29.3. The Balaban J connectivity index is 1.07. The lowest BCUT2D eigenvalue weighted by molar-refractivity contribution is -0.136. The lowest BCUT2D eigenvalue weighted by atomic mass is 9.47. The van der Waals surface area contributed by atoms with Crippen LogP contribution < -0.4 is 16.4 Å². The van der Waals surface area contributed by atoms with Crippen LogP contribution in [-0.2, 0) is 14.3 Å². The molecule has 67 heavy (non-hydrogen) atoms. The van der Waals surface area contributed by atoms with Crippen LogP contribution in [0.15, 0.2) is 11.6 Å². The summed E-state index contributed by atoms with van der Waals surface area (Å²) in [5.41, 5.74) is 7.95. The summed E-state index contributed by atoms with van der Waals surface area (Å²) in [7, 11) is 0. The molecule has 8 heteroatoms. The summed E-state index contributed by atoms with van der Waals surface area (Å²) < 4.78 is 6.07. The summed E-state index contributed by atoms with van der Waals surface area (Å²) in [5, 5.41) is 5.97. The summed E-state index contributed by atoms with van der Waals surface area (Å²) in [6.07, 6.45) is 43.5. The molecule has 0 aliphatic heterocycles. The van der Waals surface area contributed by atoms with Crippen molar-refractivity contribution in [3.63, 3.8) is 0 Å². The van der Waals surface area contributed by atoms with Crippen LogP contribution in [0.4, 0.5) is 4.79 Å². The van der Waals surface area contributed by atoms with Gasteiger partial charge in [-0.1, -0.05) is 188 Å². The van der Waals surface area contributed by atoms with E-state index >= 15 is 0 Å². The molecule has 0 aromatic carbocycles. The Hall–Kier alpha value is -2.09. The molecule has 8 nitrogen and oxygen atoms in total. The molecule has 388 valence electrons. The van der Waals surface area contributed by atoms with Gasteiger partial charge in [-0.15, -0.1) is 0 Å². The molecule has 4 aliphatic rings. The average Bonchev–Trinajstić information content (AvgIpc) is 3.66. The van der Waals surface area contributed by atoms with Gasteiger partial charge in [-0.2, -0.15) is 0 Å². The zero-order valence-corrected chi connectivity index (χ0v) is 44.9. The predicted molar refractivity (Wildman–Crippen MR) is 282 cm³/mol. The van der Waals surface area contributed by atoms with Crippen LogP contribution in [0.2, 0.25) is 0 Å². The van der Waals surface area contributed by atoms with E-state index in [0.717, 1.165) is 99.7 Å². The van der Waals surface area contributed by atoms with E-state index in [1.807, 2.05) is 0 Å². The molecule has 0 aromatic rings. The van der Waals surface area contributed by atoms with Gasteiger partial charge in [-0.3, -0.25) is 9.59 Å². The maximum atomic E-state index is 13.3. The molecule has 4 rings (SSSR count). The van der Waals surface area contributed by atoms with Crippen LogP contribution in [-0.4, -0.2) is 61.6 Å². The molecule has 0 spiro atoms. The van der Waals surface area contributed by atoms with Gasteiger partial charge in [0, 0.05) is 32.5 Å². The van der Waals surface area contributed by atoms with Crippen molar-refractivity contribution in [2.45, 2.75) is 266 Å². The quantitative estimate of drug-likeness (QED) is 0.0428. The highest BCUT2D eigenvalue weighted by atomic mass is 16.6. The van der Waals surface area contributed by atoms with Crippen LogP contribution in [0.5, 0.6) is 0 Å². The third-order valence-corrected chi connectivity index (χ3v) is 18.0. The maximum absolute atomic E-state index is 13.3. The fourth-order valence-corrected chi connectivity index (χ4v) is 13.9. The third kappa shape index (κ3) is 19.6.